The third kappa shape index (κ3) is 5.82. The van der Waals surface area contributed by atoms with Gasteiger partial charge in [0.25, 0.3) is 5.91 Å². The number of nitrogens with one attached hydrogen (secondary N) is 1. The van der Waals surface area contributed by atoms with Gasteiger partial charge in [-0.1, -0.05) is 91.0 Å². The summed E-state index contributed by atoms with van der Waals surface area (Å²) in [4.78, 5) is 67.0. The van der Waals surface area contributed by atoms with Crippen LogP contribution >= 0.6 is 0 Å². The van der Waals surface area contributed by atoms with Crippen molar-refractivity contribution in [2.75, 3.05) is 6.61 Å². The number of ketones is 2. The summed E-state index contributed by atoms with van der Waals surface area (Å²) in [6.07, 6.45) is -3.69. The van der Waals surface area contributed by atoms with Crippen LogP contribution in [0.3, 0.4) is 0 Å². The number of amides is 1. The van der Waals surface area contributed by atoms with Gasteiger partial charge in [-0.05, 0) is 36.1 Å². The Balaban J connectivity index is 1.46. The van der Waals surface area contributed by atoms with Gasteiger partial charge in [0.05, 0.1) is 0 Å². The Bertz CT molecular complexity index is 1560. The Labute approximate surface area is 254 Å². The zero-order chi connectivity index (χ0) is 31.4. The molecule has 3 unspecified atom stereocenters. The monoisotopic (exact) mass is 596 g/mol. The predicted octanol–water partition coefficient (Wildman–Crippen LogP) is 3.41. The molecule has 2 aliphatic rings. The van der Waals surface area contributed by atoms with E-state index in [0.29, 0.717) is 11.1 Å². The molecule has 2 fully saturated rings. The van der Waals surface area contributed by atoms with Gasteiger partial charge >= 0.3 is 11.9 Å². The maximum Gasteiger partial charge on any atom is 0.356 e. The molecular formula is C34H32N2O8. The van der Waals surface area contributed by atoms with Crippen LogP contribution in [-0.2, 0) is 44.6 Å². The number of esters is 2. The van der Waals surface area contributed by atoms with Crippen molar-refractivity contribution in [2.45, 2.75) is 51.3 Å². The number of benzene rings is 3. The summed E-state index contributed by atoms with van der Waals surface area (Å²) in [5.74, 6) is -3.46. The van der Waals surface area contributed by atoms with E-state index in [1.807, 2.05) is 60.7 Å². The highest BCUT2D eigenvalue weighted by Gasteiger charge is 2.73. The third-order valence-corrected chi connectivity index (χ3v) is 7.48. The van der Waals surface area contributed by atoms with Gasteiger partial charge < -0.3 is 14.2 Å². The number of β-lactam (4-membered cyclic amide) rings is 1. The van der Waals surface area contributed by atoms with Crippen LogP contribution in [0.25, 0.3) is 0 Å². The molecule has 2 saturated heterocycles. The molecule has 3 aromatic rings. The van der Waals surface area contributed by atoms with Gasteiger partial charge in [0.1, 0.15) is 5.70 Å². The van der Waals surface area contributed by atoms with Crippen LogP contribution in [0.2, 0.25) is 0 Å². The zero-order valence-corrected chi connectivity index (χ0v) is 24.5. The molecule has 0 bridgehead atoms. The standard InChI is InChI=1S/C34H32N2O8/c1-21(2)28(31(40)43-29(24-15-9-5-10-16-24)25-17-11-6-12-18-25)36-32(41)34(27(39)19-23-13-7-4-8-14-23)33(36)44-30(35-34)26(38)20-42-22(3)37/h4-18,29-30,33,35H,19-20H2,1-3H3. The molecule has 3 atom stereocenters. The lowest BCUT2D eigenvalue weighted by molar-refractivity contribution is -0.185. The van der Waals surface area contributed by atoms with Gasteiger partial charge in [-0.2, -0.15) is 0 Å². The number of hydrogen-bond donors (Lipinski definition) is 1. The molecule has 0 spiro atoms. The molecule has 2 aliphatic heterocycles. The van der Waals surface area contributed by atoms with Crippen LogP contribution in [0.1, 0.15) is 43.6 Å². The molecule has 5 rings (SSSR count). The Morgan fingerprint density at radius 2 is 1.41 bits per heavy atom. The second kappa shape index (κ2) is 12.7. The number of hydrogen-bond acceptors (Lipinski definition) is 9. The van der Waals surface area contributed by atoms with Crippen molar-refractivity contribution in [3.8, 4) is 0 Å². The Morgan fingerprint density at radius 3 is 1.93 bits per heavy atom. The van der Waals surface area contributed by atoms with Crippen molar-refractivity contribution in [3.63, 3.8) is 0 Å². The summed E-state index contributed by atoms with van der Waals surface area (Å²) in [6, 6.07) is 27.2. The van der Waals surface area contributed by atoms with Crippen molar-refractivity contribution in [1.82, 2.24) is 10.2 Å². The van der Waals surface area contributed by atoms with Crippen LogP contribution in [0.5, 0.6) is 0 Å². The van der Waals surface area contributed by atoms with Gasteiger partial charge in [0, 0.05) is 13.3 Å². The molecule has 0 aromatic heterocycles. The third-order valence-electron chi connectivity index (χ3n) is 7.48. The summed E-state index contributed by atoms with van der Waals surface area (Å²) >= 11 is 0. The lowest BCUT2D eigenvalue weighted by atomic mass is 9.79. The summed E-state index contributed by atoms with van der Waals surface area (Å²) < 4.78 is 16.8. The first-order chi connectivity index (χ1) is 21.1. The largest absolute Gasteiger partial charge is 0.458 e. The van der Waals surface area contributed by atoms with Crippen molar-refractivity contribution in [2.24, 2.45) is 0 Å². The minimum Gasteiger partial charge on any atom is -0.458 e. The number of nitrogens with zero attached hydrogens (tertiary/aromatic N) is 1. The van der Waals surface area contributed by atoms with E-state index in [-0.39, 0.29) is 12.1 Å². The number of likely N-dealkylation sites (tertiary alicyclic amines) is 1. The summed E-state index contributed by atoms with van der Waals surface area (Å²) in [5, 5.41) is 2.77. The van der Waals surface area contributed by atoms with Gasteiger partial charge in [-0.15, -0.1) is 0 Å². The SMILES string of the molecule is CC(=O)OCC(=O)C1NC2(C(=O)Cc3ccccc3)C(=O)N(C(C(=O)OC(c3ccccc3)c3ccccc3)=C(C)C)C2O1. The van der Waals surface area contributed by atoms with Crippen LogP contribution < -0.4 is 5.32 Å². The van der Waals surface area contributed by atoms with E-state index in [9.17, 15) is 24.0 Å². The Kier molecular flexibility index (Phi) is 8.84. The van der Waals surface area contributed by atoms with E-state index >= 15 is 0 Å². The van der Waals surface area contributed by atoms with Crippen LogP contribution in [-0.4, -0.2) is 58.9 Å². The van der Waals surface area contributed by atoms with Crippen molar-refractivity contribution in [1.29, 1.82) is 0 Å². The van der Waals surface area contributed by atoms with Crippen LogP contribution in [0, 0.1) is 0 Å². The summed E-state index contributed by atoms with van der Waals surface area (Å²) in [7, 11) is 0. The molecule has 0 saturated carbocycles. The van der Waals surface area contributed by atoms with E-state index in [4.69, 9.17) is 14.2 Å². The van der Waals surface area contributed by atoms with Gasteiger partial charge in [-0.3, -0.25) is 29.4 Å². The topological polar surface area (TPSA) is 128 Å². The molecule has 1 amide bonds. The molecular weight excluding hydrogens is 564 g/mol. The highest BCUT2D eigenvalue weighted by molar-refractivity contribution is 6.19. The molecule has 3 aromatic carbocycles. The van der Waals surface area contributed by atoms with E-state index in [0.717, 1.165) is 23.0 Å². The first kappa shape index (κ1) is 30.5. The van der Waals surface area contributed by atoms with E-state index in [1.165, 1.54) is 0 Å². The molecule has 1 N–H and O–H groups in total. The number of carbonyl (C=O) groups excluding carboxylic acids is 5. The molecule has 44 heavy (non-hydrogen) atoms. The number of rotatable bonds is 11. The Hall–Kier alpha value is -4.93. The highest BCUT2D eigenvalue weighted by atomic mass is 16.6. The maximum atomic E-state index is 14.0. The van der Waals surface area contributed by atoms with E-state index in [1.54, 1.807) is 44.2 Å². The highest BCUT2D eigenvalue weighted by Crippen LogP contribution is 2.43. The summed E-state index contributed by atoms with van der Waals surface area (Å²) in [5.41, 5.74) is 0.491. The average Bonchev–Trinajstić information content (AvgIpc) is 3.39. The van der Waals surface area contributed by atoms with Gasteiger partial charge in [-0.25, -0.2) is 4.79 Å². The normalized spacial score (nSPS) is 20.4. The number of fused-ring (bicyclic) bond motifs is 1. The second-order valence-electron chi connectivity index (χ2n) is 10.8. The average molecular weight is 597 g/mol. The molecule has 10 nitrogen and oxygen atoms in total. The zero-order valence-electron chi connectivity index (χ0n) is 24.5. The van der Waals surface area contributed by atoms with Crippen molar-refractivity contribution < 1.29 is 38.2 Å². The smallest absolute Gasteiger partial charge is 0.356 e. The van der Waals surface area contributed by atoms with E-state index in [2.05, 4.69) is 5.32 Å². The van der Waals surface area contributed by atoms with Gasteiger partial charge in [0.2, 0.25) is 11.3 Å². The number of ether oxygens (including phenoxy) is 3. The lowest BCUT2D eigenvalue weighted by Crippen LogP contribution is -2.79. The second-order valence-corrected chi connectivity index (χ2v) is 10.8. The quantitative estimate of drug-likeness (QED) is 0.153. The molecule has 2 heterocycles. The fraction of sp³-hybridized carbons (Fsp3) is 0.265. The minimum atomic E-state index is -1.94. The van der Waals surface area contributed by atoms with Crippen LogP contribution in [0.15, 0.2) is 102 Å². The minimum absolute atomic E-state index is 0.102. The lowest BCUT2D eigenvalue weighted by Gasteiger charge is -2.49. The number of Topliss-reactive ketones (excluding diaryl/α,β-unsaturated/α-hetero) is 2. The maximum absolute atomic E-state index is 14.0. The fourth-order valence-corrected chi connectivity index (χ4v) is 5.37. The first-order valence-electron chi connectivity index (χ1n) is 14.1. The fourth-order valence-electron chi connectivity index (χ4n) is 5.37. The predicted molar refractivity (Wildman–Crippen MR) is 157 cm³/mol. The van der Waals surface area contributed by atoms with Crippen LogP contribution in [0.4, 0.5) is 0 Å². The Morgan fingerprint density at radius 1 is 0.864 bits per heavy atom. The molecule has 10 heteroatoms. The molecule has 0 radical (unpaired) electrons. The molecule has 0 aliphatic carbocycles. The van der Waals surface area contributed by atoms with Crippen molar-refractivity contribution >= 4 is 29.4 Å². The van der Waals surface area contributed by atoms with E-state index < -0.39 is 60.1 Å². The number of carbonyl (C=O) groups is 5. The van der Waals surface area contributed by atoms with Crippen molar-refractivity contribution in [3.05, 3.63) is 119 Å². The molecule has 226 valence electrons. The van der Waals surface area contributed by atoms with Gasteiger partial charge in [0.15, 0.2) is 30.9 Å². The summed E-state index contributed by atoms with van der Waals surface area (Å²) in [6.45, 7) is 3.81. The number of allylic oxidation sites excluding steroid dienone is 1. The first-order valence-corrected chi connectivity index (χ1v) is 14.1.